The highest BCUT2D eigenvalue weighted by Gasteiger charge is 2.15. The maximum Gasteiger partial charge on any atom is 0.0255 e. The van der Waals surface area contributed by atoms with Gasteiger partial charge >= 0.3 is 0 Å². The fourth-order valence-electron chi connectivity index (χ4n) is 2.94. The second-order valence-electron chi connectivity index (χ2n) is 6.04. The molecule has 2 unspecified atom stereocenters. The lowest BCUT2D eigenvalue weighted by Gasteiger charge is -2.25. The van der Waals surface area contributed by atoms with Gasteiger partial charge in [0, 0.05) is 6.04 Å². The van der Waals surface area contributed by atoms with E-state index in [-0.39, 0.29) is 0 Å². The van der Waals surface area contributed by atoms with Gasteiger partial charge < -0.3 is 5.32 Å². The SMILES string of the molecule is CC1CCNC(/C=C/c2ccc(-c3ccccc3)cc2)C1. The Kier molecular flexibility index (Phi) is 4.52. The first-order chi connectivity index (χ1) is 10.3. The van der Waals surface area contributed by atoms with E-state index in [0.717, 1.165) is 12.5 Å². The molecule has 3 rings (SSSR count). The third-order valence-corrected chi connectivity index (χ3v) is 4.24. The molecule has 108 valence electrons. The minimum Gasteiger partial charge on any atom is -0.310 e. The molecule has 1 heteroatoms. The Hall–Kier alpha value is -1.86. The molecule has 1 fully saturated rings. The van der Waals surface area contributed by atoms with Crippen molar-refractivity contribution in [1.82, 2.24) is 5.32 Å². The fourth-order valence-corrected chi connectivity index (χ4v) is 2.94. The smallest absolute Gasteiger partial charge is 0.0255 e. The van der Waals surface area contributed by atoms with Crippen molar-refractivity contribution in [1.29, 1.82) is 0 Å². The molecule has 0 aliphatic carbocycles. The lowest BCUT2D eigenvalue weighted by molar-refractivity contribution is 0.357. The highest BCUT2D eigenvalue weighted by molar-refractivity contribution is 5.65. The van der Waals surface area contributed by atoms with E-state index in [1.54, 1.807) is 0 Å². The van der Waals surface area contributed by atoms with Crippen LogP contribution in [0.3, 0.4) is 0 Å². The van der Waals surface area contributed by atoms with Gasteiger partial charge in [-0.2, -0.15) is 0 Å². The highest BCUT2D eigenvalue weighted by atomic mass is 14.9. The number of piperidine rings is 1. The summed E-state index contributed by atoms with van der Waals surface area (Å²) in [7, 11) is 0. The quantitative estimate of drug-likeness (QED) is 0.853. The maximum atomic E-state index is 3.57. The number of benzene rings is 2. The summed E-state index contributed by atoms with van der Waals surface area (Å²) >= 11 is 0. The van der Waals surface area contributed by atoms with Gasteiger partial charge in [0.05, 0.1) is 0 Å². The third-order valence-electron chi connectivity index (χ3n) is 4.24. The van der Waals surface area contributed by atoms with E-state index in [4.69, 9.17) is 0 Å². The summed E-state index contributed by atoms with van der Waals surface area (Å²) in [4.78, 5) is 0. The van der Waals surface area contributed by atoms with E-state index in [2.05, 4.69) is 79.0 Å². The van der Waals surface area contributed by atoms with Gasteiger partial charge in [0.25, 0.3) is 0 Å². The zero-order valence-electron chi connectivity index (χ0n) is 12.6. The molecule has 2 atom stereocenters. The Morgan fingerprint density at radius 3 is 2.38 bits per heavy atom. The van der Waals surface area contributed by atoms with Gasteiger partial charge in [-0.3, -0.25) is 0 Å². The van der Waals surface area contributed by atoms with Crippen LogP contribution in [-0.4, -0.2) is 12.6 Å². The van der Waals surface area contributed by atoms with Gasteiger partial charge in [0.15, 0.2) is 0 Å². The van der Waals surface area contributed by atoms with E-state index < -0.39 is 0 Å². The van der Waals surface area contributed by atoms with Crippen molar-refractivity contribution < 1.29 is 0 Å². The second-order valence-corrected chi connectivity index (χ2v) is 6.04. The molecule has 0 saturated carbocycles. The Morgan fingerprint density at radius 1 is 0.952 bits per heavy atom. The van der Waals surface area contributed by atoms with Crippen molar-refractivity contribution in [2.75, 3.05) is 6.54 Å². The topological polar surface area (TPSA) is 12.0 Å². The Balaban J connectivity index is 1.67. The van der Waals surface area contributed by atoms with Crippen molar-refractivity contribution >= 4 is 6.08 Å². The predicted octanol–water partition coefficient (Wildman–Crippen LogP) is 4.75. The number of rotatable bonds is 3. The van der Waals surface area contributed by atoms with Gasteiger partial charge in [-0.1, -0.05) is 73.7 Å². The Morgan fingerprint density at radius 2 is 1.67 bits per heavy atom. The second kappa shape index (κ2) is 6.73. The van der Waals surface area contributed by atoms with Gasteiger partial charge in [-0.25, -0.2) is 0 Å². The van der Waals surface area contributed by atoms with Crippen LogP contribution in [0.4, 0.5) is 0 Å². The first-order valence-electron chi connectivity index (χ1n) is 7.88. The molecule has 1 heterocycles. The summed E-state index contributed by atoms with van der Waals surface area (Å²) in [6, 6.07) is 19.9. The van der Waals surface area contributed by atoms with Crippen LogP contribution < -0.4 is 5.32 Å². The predicted molar refractivity (Wildman–Crippen MR) is 91.1 cm³/mol. The molecule has 0 aromatic heterocycles. The summed E-state index contributed by atoms with van der Waals surface area (Å²) in [5.41, 5.74) is 3.82. The molecular formula is C20H23N. The normalized spacial score (nSPS) is 22.5. The molecule has 1 saturated heterocycles. The molecule has 1 aliphatic heterocycles. The lowest BCUT2D eigenvalue weighted by atomic mass is 9.94. The number of hydrogen-bond donors (Lipinski definition) is 1. The molecular weight excluding hydrogens is 254 g/mol. The van der Waals surface area contributed by atoms with E-state index in [1.807, 2.05) is 0 Å². The first-order valence-corrected chi connectivity index (χ1v) is 7.88. The summed E-state index contributed by atoms with van der Waals surface area (Å²) < 4.78 is 0. The molecule has 1 nitrogen and oxygen atoms in total. The van der Waals surface area contributed by atoms with Crippen LogP contribution in [0.1, 0.15) is 25.3 Å². The zero-order valence-corrected chi connectivity index (χ0v) is 12.6. The highest BCUT2D eigenvalue weighted by Crippen LogP contribution is 2.20. The van der Waals surface area contributed by atoms with Crippen molar-refractivity contribution in [3.63, 3.8) is 0 Å². The van der Waals surface area contributed by atoms with E-state index in [1.165, 1.54) is 29.5 Å². The van der Waals surface area contributed by atoms with Crippen LogP contribution in [0, 0.1) is 5.92 Å². The molecule has 2 aromatic rings. The third kappa shape index (κ3) is 3.83. The molecule has 0 amide bonds. The zero-order chi connectivity index (χ0) is 14.5. The largest absolute Gasteiger partial charge is 0.310 e. The van der Waals surface area contributed by atoms with E-state index in [9.17, 15) is 0 Å². The summed E-state index contributed by atoms with van der Waals surface area (Å²) in [5, 5.41) is 3.57. The molecule has 2 aromatic carbocycles. The minimum absolute atomic E-state index is 0.530. The monoisotopic (exact) mass is 277 g/mol. The van der Waals surface area contributed by atoms with Crippen molar-refractivity contribution in [3.8, 4) is 11.1 Å². The van der Waals surface area contributed by atoms with Crippen LogP contribution in [-0.2, 0) is 0 Å². The molecule has 0 radical (unpaired) electrons. The van der Waals surface area contributed by atoms with Gasteiger partial charge in [-0.05, 0) is 42.0 Å². The average Bonchev–Trinajstić information content (AvgIpc) is 2.54. The summed E-state index contributed by atoms with van der Waals surface area (Å²) in [6.07, 6.45) is 7.10. The standard InChI is InChI=1S/C20H23N/c1-16-13-14-21-20(15-16)12-9-17-7-10-19(11-8-17)18-5-3-2-4-6-18/h2-12,16,20-21H,13-15H2,1H3/b12-9+. The number of hydrogen-bond acceptors (Lipinski definition) is 1. The van der Waals surface area contributed by atoms with Crippen LogP contribution in [0.5, 0.6) is 0 Å². The van der Waals surface area contributed by atoms with Crippen LogP contribution >= 0.6 is 0 Å². The molecule has 1 N–H and O–H groups in total. The maximum absolute atomic E-state index is 3.57. The average molecular weight is 277 g/mol. The first kappa shape index (κ1) is 14.1. The number of nitrogens with one attached hydrogen (secondary N) is 1. The van der Waals surface area contributed by atoms with Crippen LogP contribution in [0.15, 0.2) is 60.7 Å². The van der Waals surface area contributed by atoms with Gasteiger partial charge in [-0.15, -0.1) is 0 Å². The van der Waals surface area contributed by atoms with Crippen LogP contribution in [0.25, 0.3) is 17.2 Å². The lowest BCUT2D eigenvalue weighted by Crippen LogP contribution is -2.35. The van der Waals surface area contributed by atoms with Crippen LogP contribution in [0.2, 0.25) is 0 Å². The molecule has 0 bridgehead atoms. The Bertz CT molecular complexity index is 583. The van der Waals surface area contributed by atoms with Crippen molar-refractivity contribution in [2.45, 2.75) is 25.8 Å². The Labute approximate surface area is 127 Å². The van der Waals surface area contributed by atoms with Gasteiger partial charge in [0.2, 0.25) is 0 Å². The molecule has 1 aliphatic rings. The molecule has 21 heavy (non-hydrogen) atoms. The summed E-state index contributed by atoms with van der Waals surface area (Å²) in [6.45, 7) is 3.49. The minimum atomic E-state index is 0.530. The van der Waals surface area contributed by atoms with E-state index in [0.29, 0.717) is 6.04 Å². The molecule has 0 spiro atoms. The fraction of sp³-hybridized carbons (Fsp3) is 0.300. The van der Waals surface area contributed by atoms with Gasteiger partial charge in [0.1, 0.15) is 0 Å². The summed E-state index contributed by atoms with van der Waals surface area (Å²) in [5.74, 6) is 0.835. The van der Waals surface area contributed by atoms with Crippen molar-refractivity contribution in [3.05, 3.63) is 66.2 Å². The van der Waals surface area contributed by atoms with E-state index >= 15 is 0 Å². The van der Waals surface area contributed by atoms with Crippen molar-refractivity contribution in [2.24, 2.45) is 5.92 Å².